The maximum Gasteiger partial charge on any atom is 0.118 e. The quantitative estimate of drug-likeness (QED) is 0.746. The molecular formula is C21H30N2O3. The summed E-state index contributed by atoms with van der Waals surface area (Å²) < 4.78 is 11.2. The number of hydrogen-bond donors (Lipinski definition) is 1. The van der Waals surface area contributed by atoms with Crippen molar-refractivity contribution in [2.45, 2.75) is 26.0 Å². The molecule has 1 atom stereocenters. The predicted octanol–water partition coefficient (Wildman–Crippen LogP) is 2.33. The van der Waals surface area contributed by atoms with Gasteiger partial charge >= 0.3 is 0 Å². The van der Waals surface area contributed by atoms with Crippen molar-refractivity contribution in [3.05, 3.63) is 59.5 Å². The molecule has 2 aromatic rings. The fourth-order valence-electron chi connectivity index (χ4n) is 3.38. The summed E-state index contributed by atoms with van der Waals surface area (Å²) >= 11 is 0. The standard InChI is InChI=1S/C21H30N2O3/c1-18-7-8-21(26-18)17-23(10-9-22-11-13-25-14-12-22)16-20(24)15-19-5-3-2-4-6-19/h2-8,20,24H,9-17H2,1H3/t20-/m0/s1. The molecule has 0 unspecified atom stereocenters. The maximum atomic E-state index is 10.6. The summed E-state index contributed by atoms with van der Waals surface area (Å²) in [6, 6.07) is 14.2. The molecule has 1 aliphatic rings. The Morgan fingerprint density at radius 1 is 1.12 bits per heavy atom. The highest BCUT2D eigenvalue weighted by Crippen LogP contribution is 2.12. The van der Waals surface area contributed by atoms with E-state index >= 15 is 0 Å². The number of aliphatic hydroxyl groups excluding tert-OH is 1. The lowest BCUT2D eigenvalue weighted by Crippen LogP contribution is -2.43. The number of furan rings is 1. The molecule has 1 aromatic carbocycles. The van der Waals surface area contributed by atoms with Gasteiger partial charge in [0.1, 0.15) is 11.5 Å². The van der Waals surface area contributed by atoms with Gasteiger partial charge in [0.25, 0.3) is 0 Å². The average Bonchev–Trinajstić information content (AvgIpc) is 3.06. The monoisotopic (exact) mass is 358 g/mol. The van der Waals surface area contributed by atoms with Crippen LogP contribution in [-0.4, -0.2) is 66.9 Å². The number of rotatable bonds is 9. The van der Waals surface area contributed by atoms with Gasteiger partial charge in [-0.3, -0.25) is 9.80 Å². The van der Waals surface area contributed by atoms with E-state index in [2.05, 4.69) is 21.9 Å². The molecule has 0 aliphatic carbocycles. The maximum absolute atomic E-state index is 10.6. The Morgan fingerprint density at radius 2 is 1.88 bits per heavy atom. The lowest BCUT2D eigenvalue weighted by atomic mass is 10.1. The Labute approximate surface area is 156 Å². The molecule has 1 fully saturated rings. The minimum Gasteiger partial charge on any atom is -0.465 e. The van der Waals surface area contributed by atoms with Gasteiger partial charge in [-0.25, -0.2) is 0 Å². The highest BCUT2D eigenvalue weighted by Gasteiger charge is 2.17. The minimum atomic E-state index is -0.391. The number of hydrogen-bond acceptors (Lipinski definition) is 5. The number of ether oxygens (including phenoxy) is 1. The second-order valence-corrected chi connectivity index (χ2v) is 7.05. The van der Waals surface area contributed by atoms with Crippen LogP contribution >= 0.6 is 0 Å². The van der Waals surface area contributed by atoms with Crippen molar-refractivity contribution < 1.29 is 14.3 Å². The summed E-state index contributed by atoms with van der Waals surface area (Å²) in [5.41, 5.74) is 1.17. The zero-order valence-corrected chi connectivity index (χ0v) is 15.6. The van der Waals surface area contributed by atoms with Crippen molar-refractivity contribution in [3.8, 4) is 0 Å². The molecule has 1 aromatic heterocycles. The molecule has 5 nitrogen and oxygen atoms in total. The zero-order chi connectivity index (χ0) is 18.2. The van der Waals surface area contributed by atoms with Crippen LogP contribution < -0.4 is 0 Å². The van der Waals surface area contributed by atoms with Gasteiger partial charge in [0.2, 0.25) is 0 Å². The van der Waals surface area contributed by atoms with Crippen molar-refractivity contribution in [1.29, 1.82) is 0 Å². The van der Waals surface area contributed by atoms with Gasteiger partial charge in [0.15, 0.2) is 0 Å². The second kappa shape index (κ2) is 9.88. The highest BCUT2D eigenvalue weighted by atomic mass is 16.5. The first-order valence-electron chi connectivity index (χ1n) is 9.49. The summed E-state index contributed by atoms with van der Waals surface area (Å²) in [6.45, 7) is 8.82. The fourth-order valence-corrected chi connectivity index (χ4v) is 3.38. The Balaban J connectivity index is 1.55. The number of aryl methyl sites for hydroxylation is 1. The lowest BCUT2D eigenvalue weighted by molar-refractivity contribution is 0.0285. The van der Waals surface area contributed by atoms with Crippen LogP contribution in [0, 0.1) is 6.92 Å². The van der Waals surface area contributed by atoms with Crippen LogP contribution in [0.5, 0.6) is 0 Å². The van der Waals surface area contributed by atoms with Crippen LogP contribution in [0.15, 0.2) is 46.9 Å². The minimum absolute atomic E-state index is 0.391. The highest BCUT2D eigenvalue weighted by molar-refractivity contribution is 5.15. The van der Waals surface area contributed by atoms with E-state index in [1.807, 2.05) is 37.3 Å². The van der Waals surface area contributed by atoms with E-state index in [0.29, 0.717) is 13.0 Å². The summed E-state index contributed by atoms with van der Waals surface area (Å²) in [5.74, 6) is 1.88. The molecule has 3 rings (SSSR count). The summed E-state index contributed by atoms with van der Waals surface area (Å²) in [5, 5.41) is 10.6. The second-order valence-electron chi connectivity index (χ2n) is 7.05. The van der Waals surface area contributed by atoms with E-state index < -0.39 is 6.10 Å². The third-order valence-electron chi connectivity index (χ3n) is 4.79. The SMILES string of the molecule is Cc1ccc(CN(CCN2CCOCC2)C[C@@H](O)Cc2ccccc2)o1. The van der Waals surface area contributed by atoms with Gasteiger partial charge in [-0.15, -0.1) is 0 Å². The van der Waals surface area contributed by atoms with E-state index in [1.54, 1.807) is 0 Å². The molecule has 142 valence electrons. The van der Waals surface area contributed by atoms with Crippen molar-refractivity contribution in [2.75, 3.05) is 45.9 Å². The van der Waals surface area contributed by atoms with Crippen LogP contribution in [0.25, 0.3) is 0 Å². The van der Waals surface area contributed by atoms with Gasteiger partial charge in [0.05, 0.1) is 25.9 Å². The molecule has 0 radical (unpaired) electrons. The van der Waals surface area contributed by atoms with E-state index in [4.69, 9.17) is 9.15 Å². The first-order valence-corrected chi connectivity index (χ1v) is 9.49. The number of nitrogens with zero attached hydrogens (tertiary/aromatic N) is 2. The van der Waals surface area contributed by atoms with Crippen LogP contribution in [0.4, 0.5) is 0 Å². The Morgan fingerprint density at radius 3 is 2.58 bits per heavy atom. The first kappa shape index (κ1) is 19.1. The van der Waals surface area contributed by atoms with E-state index in [0.717, 1.165) is 57.5 Å². The zero-order valence-electron chi connectivity index (χ0n) is 15.6. The van der Waals surface area contributed by atoms with Gasteiger partial charge in [-0.05, 0) is 31.0 Å². The number of benzene rings is 1. The molecule has 1 aliphatic heterocycles. The van der Waals surface area contributed by atoms with E-state index in [9.17, 15) is 5.11 Å². The number of aliphatic hydroxyl groups is 1. The van der Waals surface area contributed by atoms with Crippen LogP contribution in [0.2, 0.25) is 0 Å². The van der Waals surface area contributed by atoms with Crippen LogP contribution in [-0.2, 0) is 17.7 Å². The van der Waals surface area contributed by atoms with Gasteiger partial charge in [-0.1, -0.05) is 30.3 Å². The molecule has 0 bridgehead atoms. The Bertz CT molecular complexity index is 638. The largest absolute Gasteiger partial charge is 0.465 e. The van der Waals surface area contributed by atoms with Gasteiger partial charge in [0, 0.05) is 32.7 Å². The molecule has 1 N–H and O–H groups in total. The lowest BCUT2D eigenvalue weighted by Gasteiger charge is -2.30. The number of morpholine rings is 1. The molecular weight excluding hydrogens is 328 g/mol. The van der Waals surface area contributed by atoms with Crippen molar-refractivity contribution >= 4 is 0 Å². The average molecular weight is 358 g/mol. The molecule has 0 saturated carbocycles. The molecule has 5 heteroatoms. The molecule has 1 saturated heterocycles. The van der Waals surface area contributed by atoms with Crippen molar-refractivity contribution in [3.63, 3.8) is 0 Å². The van der Waals surface area contributed by atoms with E-state index in [-0.39, 0.29) is 0 Å². The summed E-state index contributed by atoms with van der Waals surface area (Å²) in [4.78, 5) is 4.72. The van der Waals surface area contributed by atoms with Crippen molar-refractivity contribution in [1.82, 2.24) is 9.80 Å². The normalized spacial score (nSPS) is 16.9. The summed E-state index contributed by atoms with van der Waals surface area (Å²) in [7, 11) is 0. The Kier molecular flexibility index (Phi) is 7.26. The van der Waals surface area contributed by atoms with Gasteiger partial charge < -0.3 is 14.3 Å². The third kappa shape index (κ3) is 6.25. The molecule has 0 amide bonds. The van der Waals surface area contributed by atoms with Crippen LogP contribution in [0.3, 0.4) is 0 Å². The third-order valence-corrected chi connectivity index (χ3v) is 4.79. The van der Waals surface area contributed by atoms with Gasteiger partial charge in [-0.2, -0.15) is 0 Å². The molecule has 0 spiro atoms. The predicted molar refractivity (Wildman–Crippen MR) is 102 cm³/mol. The van der Waals surface area contributed by atoms with E-state index in [1.165, 1.54) is 5.56 Å². The smallest absolute Gasteiger partial charge is 0.118 e. The molecule has 26 heavy (non-hydrogen) atoms. The fraction of sp³-hybridized carbons (Fsp3) is 0.524. The van der Waals surface area contributed by atoms with Crippen LogP contribution in [0.1, 0.15) is 17.1 Å². The molecule has 2 heterocycles. The first-order chi connectivity index (χ1) is 12.7. The topological polar surface area (TPSA) is 49.1 Å². The summed E-state index contributed by atoms with van der Waals surface area (Å²) in [6.07, 6.45) is 0.282. The van der Waals surface area contributed by atoms with Crippen molar-refractivity contribution in [2.24, 2.45) is 0 Å². The Hall–Kier alpha value is -1.66.